The molecular formula is C14H8N8O2. The third-order valence-electron chi connectivity index (χ3n) is 3.55. The van der Waals surface area contributed by atoms with Crippen molar-refractivity contribution in [3.05, 3.63) is 36.6 Å². The summed E-state index contributed by atoms with van der Waals surface area (Å²) >= 11 is 0. The molecule has 0 unspecified atom stereocenters. The summed E-state index contributed by atoms with van der Waals surface area (Å²) in [5.74, 6) is 0.638. The van der Waals surface area contributed by atoms with E-state index >= 15 is 0 Å². The molecule has 0 atom stereocenters. The Kier molecular flexibility index (Phi) is 2.43. The molecule has 0 saturated carbocycles. The Labute approximate surface area is 132 Å². The Balaban J connectivity index is 1.78. The first-order chi connectivity index (χ1) is 11.8. The minimum Gasteiger partial charge on any atom is -0.463 e. The number of nitrogen functional groups attached to an aromatic ring is 1. The van der Waals surface area contributed by atoms with Crippen LogP contribution in [0.25, 0.3) is 39.4 Å². The number of nitrogens with zero attached hydrogens (tertiary/aromatic N) is 7. The molecule has 24 heavy (non-hydrogen) atoms. The van der Waals surface area contributed by atoms with E-state index < -0.39 is 0 Å². The predicted octanol–water partition coefficient (Wildman–Crippen LogP) is 1.59. The molecule has 0 radical (unpaired) electrons. The van der Waals surface area contributed by atoms with Crippen LogP contribution in [0.4, 0.5) is 5.95 Å². The largest absolute Gasteiger partial charge is 0.463 e. The fourth-order valence-corrected chi connectivity index (χ4v) is 2.49. The van der Waals surface area contributed by atoms with Crippen molar-refractivity contribution in [2.24, 2.45) is 0 Å². The van der Waals surface area contributed by atoms with Gasteiger partial charge in [0, 0.05) is 5.27 Å². The number of hydrogen-bond acceptors (Lipinski definition) is 9. The highest BCUT2D eigenvalue weighted by Crippen LogP contribution is 2.27. The van der Waals surface area contributed by atoms with E-state index in [2.05, 4.69) is 30.7 Å². The number of hydrogen-bond donors (Lipinski definition) is 1. The molecule has 0 aliphatic heterocycles. The Morgan fingerprint density at radius 3 is 2.92 bits per heavy atom. The predicted molar refractivity (Wildman–Crippen MR) is 81.9 cm³/mol. The number of benzene rings is 1. The van der Waals surface area contributed by atoms with Crippen molar-refractivity contribution in [2.75, 3.05) is 5.73 Å². The highest BCUT2D eigenvalue weighted by molar-refractivity contribution is 5.87. The van der Waals surface area contributed by atoms with Crippen LogP contribution in [-0.2, 0) is 0 Å². The van der Waals surface area contributed by atoms with Crippen LogP contribution >= 0.6 is 0 Å². The van der Waals surface area contributed by atoms with Crippen molar-refractivity contribution in [3.63, 3.8) is 0 Å². The average molecular weight is 320 g/mol. The summed E-state index contributed by atoms with van der Waals surface area (Å²) in [5.41, 5.74) is 9.15. The van der Waals surface area contributed by atoms with E-state index in [1.807, 2.05) is 0 Å². The first-order valence-corrected chi connectivity index (χ1v) is 6.95. The van der Waals surface area contributed by atoms with Gasteiger partial charge in [-0.3, -0.25) is 0 Å². The van der Waals surface area contributed by atoms with Gasteiger partial charge in [-0.15, -0.1) is 10.2 Å². The fraction of sp³-hybridized carbons (Fsp3) is 0. The molecule has 0 bridgehead atoms. The van der Waals surface area contributed by atoms with Crippen molar-refractivity contribution in [2.45, 2.75) is 0 Å². The Hall–Kier alpha value is -3.82. The lowest BCUT2D eigenvalue weighted by Crippen LogP contribution is -2.02. The Morgan fingerprint density at radius 1 is 1.08 bits per heavy atom. The van der Waals surface area contributed by atoms with Crippen LogP contribution in [0.1, 0.15) is 0 Å². The van der Waals surface area contributed by atoms with Crippen molar-refractivity contribution >= 4 is 28.2 Å². The van der Waals surface area contributed by atoms with Crippen LogP contribution in [0.5, 0.6) is 0 Å². The lowest BCUT2D eigenvalue weighted by Gasteiger charge is -2.02. The van der Waals surface area contributed by atoms with Crippen LogP contribution in [0.2, 0.25) is 0 Å². The van der Waals surface area contributed by atoms with E-state index in [1.165, 1.54) is 0 Å². The van der Waals surface area contributed by atoms with Crippen LogP contribution in [0, 0.1) is 0 Å². The number of aromatic nitrogens is 7. The van der Waals surface area contributed by atoms with Crippen molar-refractivity contribution in [3.8, 4) is 17.1 Å². The zero-order chi connectivity index (χ0) is 16.1. The summed E-state index contributed by atoms with van der Waals surface area (Å²) in [7, 11) is 0. The quantitative estimate of drug-likeness (QED) is 0.514. The summed E-state index contributed by atoms with van der Waals surface area (Å²) in [6.07, 6.45) is 1.55. The lowest BCUT2D eigenvalue weighted by molar-refractivity contribution is 0.424. The van der Waals surface area contributed by atoms with Crippen molar-refractivity contribution in [1.29, 1.82) is 0 Å². The maximum Gasteiger partial charge on any atom is 0.222 e. The third kappa shape index (κ3) is 1.76. The van der Waals surface area contributed by atoms with Crippen molar-refractivity contribution in [1.82, 2.24) is 35.3 Å². The average Bonchev–Trinajstić information content (AvgIpc) is 3.33. The molecule has 0 fully saturated rings. The molecular weight excluding hydrogens is 312 g/mol. The highest BCUT2D eigenvalue weighted by atomic mass is 16.5. The first-order valence-electron chi connectivity index (χ1n) is 6.95. The van der Waals surface area contributed by atoms with Crippen LogP contribution in [0.15, 0.2) is 45.5 Å². The zero-order valence-electron chi connectivity index (χ0n) is 12.0. The molecule has 0 saturated heterocycles. The van der Waals surface area contributed by atoms with Gasteiger partial charge in [0.25, 0.3) is 0 Å². The fourth-order valence-electron chi connectivity index (χ4n) is 2.49. The summed E-state index contributed by atoms with van der Waals surface area (Å²) in [4.78, 5) is 8.47. The Bertz CT molecular complexity index is 1170. The van der Waals surface area contributed by atoms with Gasteiger partial charge < -0.3 is 14.7 Å². The lowest BCUT2D eigenvalue weighted by atomic mass is 10.2. The molecule has 1 aromatic carbocycles. The van der Waals surface area contributed by atoms with Crippen LogP contribution in [-0.4, -0.2) is 35.3 Å². The molecule has 5 rings (SSSR count). The van der Waals surface area contributed by atoms with Gasteiger partial charge in [-0.1, -0.05) is 5.21 Å². The second kappa shape index (κ2) is 4.59. The van der Waals surface area contributed by atoms with Gasteiger partial charge in [-0.2, -0.15) is 9.67 Å². The summed E-state index contributed by atoms with van der Waals surface area (Å²) < 4.78 is 11.9. The van der Waals surface area contributed by atoms with Gasteiger partial charge in [-0.25, -0.2) is 4.98 Å². The van der Waals surface area contributed by atoms with E-state index in [4.69, 9.17) is 14.7 Å². The minimum absolute atomic E-state index is 0.0987. The smallest absolute Gasteiger partial charge is 0.222 e. The number of furan rings is 1. The number of rotatable bonds is 2. The van der Waals surface area contributed by atoms with Gasteiger partial charge in [-0.05, 0) is 30.3 Å². The highest BCUT2D eigenvalue weighted by Gasteiger charge is 2.18. The third-order valence-corrected chi connectivity index (χ3v) is 3.55. The summed E-state index contributed by atoms with van der Waals surface area (Å²) in [6.45, 7) is 0. The molecule has 116 valence electrons. The maximum absolute atomic E-state index is 5.84. The van der Waals surface area contributed by atoms with E-state index in [1.54, 1.807) is 41.3 Å². The molecule has 10 nitrogen and oxygen atoms in total. The number of anilines is 1. The van der Waals surface area contributed by atoms with Crippen LogP contribution < -0.4 is 5.73 Å². The zero-order valence-corrected chi connectivity index (χ0v) is 12.0. The SMILES string of the molecule is Nc1nc(-c2ccco2)c2nnn(-c3ccc4onnc4c3)c2n1. The monoisotopic (exact) mass is 320 g/mol. The second-order valence-corrected chi connectivity index (χ2v) is 5.01. The molecule has 5 aromatic rings. The number of nitrogens with two attached hydrogens (primary N) is 1. The molecule has 0 aliphatic carbocycles. The van der Waals surface area contributed by atoms with E-state index in [-0.39, 0.29) is 5.95 Å². The van der Waals surface area contributed by atoms with E-state index in [0.29, 0.717) is 39.4 Å². The van der Waals surface area contributed by atoms with Gasteiger partial charge in [0.1, 0.15) is 11.2 Å². The summed E-state index contributed by atoms with van der Waals surface area (Å²) in [6, 6.07) is 8.85. The van der Waals surface area contributed by atoms with Crippen LogP contribution in [0.3, 0.4) is 0 Å². The van der Waals surface area contributed by atoms with Gasteiger partial charge in [0.05, 0.1) is 12.0 Å². The molecule has 10 heteroatoms. The van der Waals surface area contributed by atoms with Crippen molar-refractivity contribution < 1.29 is 8.94 Å². The topological polar surface area (TPSA) is 135 Å². The molecule has 4 aromatic heterocycles. The molecule has 2 N–H and O–H groups in total. The molecule has 4 heterocycles. The minimum atomic E-state index is 0.0987. The second-order valence-electron chi connectivity index (χ2n) is 5.01. The summed E-state index contributed by atoms with van der Waals surface area (Å²) in [5, 5.41) is 15.7. The van der Waals surface area contributed by atoms with Gasteiger partial charge >= 0.3 is 0 Å². The van der Waals surface area contributed by atoms with Gasteiger partial charge in [0.15, 0.2) is 22.5 Å². The Morgan fingerprint density at radius 2 is 2.04 bits per heavy atom. The van der Waals surface area contributed by atoms with E-state index in [9.17, 15) is 0 Å². The van der Waals surface area contributed by atoms with E-state index in [0.717, 1.165) is 0 Å². The molecule has 0 amide bonds. The first kappa shape index (κ1) is 12.7. The molecule has 0 spiro atoms. The maximum atomic E-state index is 5.84. The standard InChI is InChI=1S/C14H8N8O2/c15-14-16-11(10-2-1-5-23-10)12-13(17-14)22(20-19-12)7-3-4-9-8(6-7)18-21-24-9/h1-6H,(H2,15,16,17). The normalized spacial score (nSPS) is 11.5. The molecule has 0 aliphatic rings. The number of fused-ring (bicyclic) bond motifs is 2. The van der Waals surface area contributed by atoms with Gasteiger partial charge in [0.2, 0.25) is 5.95 Å².